The lowest BCUT2D eigenvalue weighted by Gasteiger charge is -2.32. The van der Waals surface area contributed by atoms with Gasteiger partial charge in [-0.1, -0.05) is 227 Å². The maximum atomic E-state index is 5.33. The predicted molar refractivity (Wildman–Crippen MR) is 339 cm³/mol. The van der Waals surface area contributed by atoms with Crippen LogP contribution in [0, 0.1) is 0 Å². The highest BCUT2D eigenvalue weighted by Crippen LogP contribution is 2.48. The van der Waals surface area contributed by atoms with Crippen molar-refractivity contribution >= 4 is 43.6 Å². The first kappa shape index (κ1) is 56.1. The number of hydrogen-bond acceptors (Lipinski definition) is 3. The molecule has 3 nitrogen and oxygen atoms in total. The van der Waals surface area contributed by atoms with Gasteiger partial charge in [-0.15, -0.1) is 0 Å². The summed E-state index contributed by atoms with van der Waals surface area (Å²) in [5.41, 5.74) is 20.9. The largest absolute Gasteiger partial charge is 0.310 e. The van der Waals surface area contributed by atoms with E-state index < -0.39 is 16.1 Å². The van der Waals surface area contributed by atoms with Gasteiger partial charge in [0.25, 0.3) is 0 Å². The summed E-state index contributed by atoms with van der Waals surface area (Å²) in [5.74, 6) is 0.273. The molecule has 0 atom stereocenters. The summed E-state index contributed by atoms with van der Waals surface area (Å²) in [6.07, 6.45) is 4.27. The van der Waals surface area contributed by atoms with E-state index >= 15 is 0 Å². The van der Waals surface area contributed by atoms with Gasteiger partial charge in [-0.2, -0.15) is 0 Å². The molecule has 76 heavy (non-hydrogen) atoms. The van der Waals surface area contributed by atoms with Crippen LogP contribution < -0.4 is 15.3 Å². The van der Waals surface area contributed by atoms with E-state index in [1.54, 1.807) is 0 Å². The molecule has 8 rings (SSSR count). The molecule has 8 aromatic rings. The first-order chi connectivity index (χ1) is 35.3. The Morgan fingerprint density at radius 2 is 0.816 bits per heavy atom. The Hall–Kier alpha value is -6.15. The highest BCUT2D eigenvalue weighted by molar-refractivity contribution is 6.89. The van der Waals surface area contributed by atoms with Crippen molar-refractivity contribution in [2.45, 2.75) is 164 Å². The lowest BCUT2D eigenvalue weighted by molar-refractivity contribution is 0.560. The Balaban J connectivity index is 1.55. The zero-order valence-electron chi connectivity index (χ0n) is 49.9. The van der Waals surface area contributed by atoms with E-state index in [0.717, 1.165) is 56.3 Å². The average Bonchev–Trinajstić information content (AvgIpc) is 3.41. The monoisotopic (exact) mass is 1040 g/mol. The van der Waals surface area contributed by atoms with E-state index in [-0.39, 0.29) is 27.6 Å². The van der Waals surface area contributed by atoms with Crippen molar-refractivity contribution in [3.63, 3.8) is 0 Å². The Kier molecular flexibility index (Phi) is 15.2. The van der Waals surface area contributed by atoms with Gasteiger partial charge in [-0.05, 0) is 148 Å². The molecule has 0 aliphatic heterocycles. The Morgan fingerprint density at radius 1 is 0.382 bits per heavy atom. The average molecular weight is 1040 g/mol. The summed E-state index contributed by atoms with van der Waals surface area (Å²) in [6, 6.07) is 55.7. The number of benzene rings is 6. The molecule has 0 bridgehead atoms. The third-order valence-electron chi connectivity index (χ3n) is 15.2. The van der Waals surface area contributed by atoms with Crippen LogP contribution in [0.4, 0.5) is 17.1 Å². The van der Waals surface area contributed by atoms with Crippen LogP contribution in [0.5, 0.6) is 0 Å². The number of aromatic nitrogens is 2. The van der Waals surface area contributed by atoms with Crippen LogP contribution in [0.2, 0.25) is 39.3 Å². The zero-order valence-corrected chi connectivity index (χ0v) is 51.9. The second kappa shape index (κ2) is 20.7. The van der Waals surface area contributed by atoms with E-state index in [1.165, 1.54) is 54.9 Å². The normalized spacial score (nSPS) is 12.9. The van der Waals surface area contributed by atoms with Crippen molar-refractivity contribution in [1.82, 2.24) is 9.97 Å². The Bertz CT molecular complexity index is 3330. The lowest BCUT2D eigenvalue weighted by atomic mass is 9.73. The molecule has 5 heteroatoms. The molecule has 0 aliphatic carbocycles. The SMILES string of the molecule is CC(C)c1c(-c2cc(-c3ccc([Si](C)(C)C)cn3)cc(N(c3cc(-c4cc(C(C)(C)C)cc(C(C)(C)C)c4)cc(-c4ccc([Si](C)(C)C)cn4)c3)c3ccccc3-c3ccccc3)c2)cc(C(C)(C)C)cc1C(C)(C)C. The topological polar surface area (TPSA) is 29.0 Å². The van der Waals surface area contributed by atoms with Crippen molar-refractivity contribution in [3.8, 4) is 55.9 Å². The van der Waals surface area contributed by atoms with Gasteiger partial charge in [0.15, 0.2) is 0 Å². The van der Waals surface area contributed by atoms with Gasteiger partial charge in [0.05, 0.1) is 33.2 Å². The molecule has 2 heterocycles. The van der Waals surface area contributed by atoms with E-state index in [9.17, 15) is 0 Å². The highest BCUT2D eigenvalue weighted by Gasteiger charge is 2.30. The summed E-state index contributed by atoms with van der Waals surface area (Å²) >= 11 is 0. The van der Waals surface area contributed by atoms with Crippen molar-refractivity contribution < 1.29 is 0 Å². The van der Waals surface area contributed by atoms with Crippen LogP contribution in [-0.4, -0.2) is 26.1 Å². The molecule has 0 unspecified atom stereocenters. The summed E-state index contributed by atoms with van der Waals surface area (Å²) < 4.78 is 0. The molecule has 2 aromatic heterocycles. The van der Waals surface area contributed by atoms with Crippen LogP contribution in [0.1, 0.15) is 131 Å². The van der Waals surface area contributed by atoms with Crippen LogP contribution in [0.25, 0.3) is 55.9 Å². The van der Waals surface area contributed by atoms with E-state index in [0.29, 0.717) is 0 Å². The zero-order chi connectivity index (χ0) is 55.5. The molecular formula is C71H87N3Si2. The first-order valence-electron chi connectivity index (χ1n) is 27.8. The lowest BCUT2D eigenvalue weighted by Crippen LogP contribution is -2.37. The van der Waals surface area contributed by atoms with Gasteiger partial charge in [0, 0.05) is 40.5 Å². The summed E-state index contributed by atoms with van der Waals surface area (Å²) in [6.45, 7) is 47.3. The van der Waals surface area contributed by atoms with Gasteiger partial charge in [-0.3, -0.25) is 9.97 Å². The molecule has 0 saturated carbocycles. The summed E-state index contributed by atoms with van der Waals surface area (Å²) in [4.78, 5) is 13.2. The van der Waals surface area contributed by atoms with Gasteiger partial charge < -0.3 is 4.90 Å². The third-order valence-corrected chi connectivity index (χ3v) is 19.2. The Morgan fingerprint density at radius 3 is 1.26 bits per heavy atom. The fourth-order valence-electron chi connectivity index (χ4n) is 10.3. The van der Waals surface area contributed by atoms with Crippen LogP contribution >= 0.6 is 0 Å². The van der Waals surface area contributed by atoms with E-state index in [1.807, 2.05) is 0 Å². The van der Waals surface area contributed by atoms with Gasteiger partial charge >= 0.3 is 0 Å². The summed E-state index contributed by atoms with van der Waals surface area (Å²) in [7, 11) is -3.25. The predicted octanol–water partition coefficient (Wildman–Crippen LogP) is 19.7. The number of anilines is 3. The fraction of sp³-hybridized carbons (Fsp3) is 0.352. The fourth-order valence-corrected chi connectivity index (χ4v) is 12.4. The molecule has 0 radical (unpaired) electrons. The smallest absolute Gasteiger partial charge is 0.0796 e. The van der Waals surface area contributed by atoms with Crippen LogP contribution in [-0.2, 0) is 21.7 Å². The van der Waals surface area contributed by atoms with Crippen molar-refractivity contribution in [3.05, 3.63) is 186 Å². The second-order valence-electron chi connectivity index (χ2n) is 28.1. The van der Waals surface area contributed by atoms with Crippen LogP contribution in [0.15, 0.2) is 158 Å². The third kappa shape index (κ3) is 12.3. The van der Waals surface area contributed by atoms with E-state index in [2.05, 4.69) is 299 Å². The number of para-hydroxylation sites is 1. The molecule has 0 fully saturated rings. The number of rotatable bonds is 11. The maximum Gasteiger partial charge on any atom is 0.0796 e. The molecule has 0 spiro atoms. The molecule has 0 N–H and O–H groups in total. The molecule has 0 amide bonds. The second-order valence-corrected chi connectivity index (χ2v) is 38.2. The minimum Gasteiger partial charge on any atom is -0.310 e. The quantitative estimate of drug-likeness (QED) is 0.121. The van der Waals surface area contributed by atoms with Crippen molar-refractivity contribution in [2.75, 3.05) is 4.90 Å². The maximum absolute atomic E-state index is 5.33. The minimum absolute atomic E-state index is 0.0600. The standard InChI is InChI=1S/C71H87N3Si2/c1-47(2)67-62(43-56(70(9,10)11)44-63(67)71(12,13)14)51-35-53(65-33-31-60(46-73-65)76(18,19)20)41-58(39-51)74(66-29-25-24-28-61(66)48-26-22-21-23-27-48)57-38-49(34-52(40-57)64-32-30-59(45-72-64)75(15,16)17)50-36-54(68(3,4)5)42-55(37-50)69(6,7)8/h21-47H,1-20H3. The van der Waals surface area contributed by atoms with Crippen molar-refractivity contribution in [2.24, 2.45) is 0 Å². The van der Waals surface area contributed by atoms with Gasteiger partial charge in [-0.25, -0.2) is 0 Å². The molecule has 0 saturated heterocycles. The van der Waals surface area contributed by atoms with Crippen LogP contribution in [0.3, 0.4) is 0 Å². The van der Waals surface area contributed by atoms with Crippen molar-refractivity contribution in [1.29, 1.82) is 0 Å². The van der Waals surface area contributed by atoms with E-state index in [4.69, 9.17) is 9.97 Å². The van der Waals surface area contributed by atoms with Gasteiger partial charge in [0.1, 0.15) is 0 Å². The Labute approximate surface area is 461 Å². The molecular weight excluding hydrogens is 951 g/mol. The molecule has 6 aromatic carbocycles. The van der Waals surface area contributed by atoms with Gasteiger partial charge in [0.2, 0.25) is 0 Å². The first-order valence-corrected chi connectivity index (χ1v) is 34.8. The number of pyridine rings is 2. The number of hydrogen-bond donors (Lipinski definition) is 0. The minimum atomic E-state index is -1.63. The molecule has 0 aliphatic rings. The number of nitrogens with zero attached hydrogens (tertiary/aromatic N) is 3. The summed E-state index contributed by atoms with van der Waals surface area (Å²) in [5, 5.41) is 2.70. The highest BCUT2D eigenvalue weighted by atomic mass is 28.3. The molecule has 394 valence electrons.